The molecule has 0 aromatic heterocycles. The van der Waals surface area contributed by atoms with E-state index < -0.39 is 0 Å². The Balaban J connectivity index is 1.92. The average Bonchev–Trinajstić information content (AvgIpc) is 3.09. The second kappa shape index (κ2) is 5.39. The predicted molar refractivity (Wildman–Crippen MR) is 59.2 cm³/mol. The van der Waals surface area contributed by atoms with Crippen molar-refractivity contribution in [2.45, 2.75) is 6.10 Å². The zero-order valence-electron chi connectivity index (χ0n) is 8.94. The average molecular weight is 245 g/mol. The molecule has 1 aliphatic heterocycles. The Labute approximate surface area is 99.0 Å². The van der Waals surface area contributed by atoms with Crippen LogP contribution in [-0.4, -0.2) is 33.2 Å². The molecule has 5 heteroatoms. The fourth-order valence-electron chi connectivity index (χ4n) is 1.16. The second-order valence-electron chi connectivity index (χ2n) is 3.41. The van der Waals surface area contributed by atoms with Gasteiger partial charge in [-0.15, -0.1) is 0 Å². The van der Waals surface area contributed by atoms with Crippen LogP contribution >= 0.6 is 11.6 Å². The summed E-state index contributed by atoms with van der Waals surface area (Å²) in [5.74, 6) is 1.30. The third-order valence-electron chi connectivity index (χ3n) is 2.07. The fraction of sp³-hybridized carbons (Fsp3) is 0.455. The number of ether oxygens (including phenoxy) is 4. The van der Waals surface area contributed by atoms with Crippen molar-refractivity contribution in [3.05, 3.63) is 23.2 Å². The molecule has 1 fully saturated rings. The van der Waals surface area contributed by atoms with E-state index in [4.69, 9.17) is 30.5 Å². The van der Waals surface area contributed by atoms with Crippen molar-refractivity contribution < 1.29 is 18.9 Å². The maximum absolute atomic E-state index is 6.03. The number of hydrogen-bond donors (Lipinski definition) is 0. The van der Waals surface area contributed by atoms with Crippen molar-refractivity contribution in [2.75, 3.05) is 27.1 Å². The van der Waals surface area contributed by atoms with Crippen molar-refractivity contribution in [1.29, 1.82) is 0 Å². The number of benzene rings is 1. The van der Waals surface area contributed by atoms with E-state index in [1.807, 2.05) is 0 Å². The molecule has 4 nitrogen and oxygen atoms in total. The molecule has 2 rings (SSSR count). The molecule has 1 aliphatic rings. The van der Waals surface area contributed by atoms with Crippen LogP contribution in [0.3, 0.4) is 0 Å². The highest BCUT2D eigenvalue weighted by molar-refractivity contribution is 6.32. The van der Waals surface area contributed by atoms with E-state index in [0.717, 1.165) is 6.61 Å². The molecular weight excluding hydrogens is 232 g/mol. The fourth-order valence-corrected chi connectivity index (χ4v) is 1.39. The SMILES string of the molecule is COCOc1ccc(OC[C@@H]2CO2)c(Cl)c1. The van der Waals surface area contributed by atoms with E-state index >= 15 is 0 Å². The molecule has 0 radical (unpaired) electrons. The molecule has 88 valence electrons. The van der Waals surface area contributed by atoms with Crippen LogP contribution in [0.25, 0.3) is 0 Å². The third-order valence-corrected chi connectivity index (χ3v) is 2.37. The summed E-state index contributed by atoms with van der Waals surface area (Å²) < 4.78 is 20.5. The van der Waals surface area contributed by atoms with Gasteiger partial charge in [0.1, 0.15) is 24.2 Å². The summed E-state index contributed by atoms with van der Waals surface area (Å²) in [7, 11) is 1.56. The molecule has 0 N–H and O–H groups in total. The summed E-state index contributed by atoms with van der Waals surface area (Å²) in [4.78, 5) is 0. The van der Waals surface area contributed by atoms with Crippen molar-refractivity contribution in [3.63, 3.8) is 0 Å². The first kappa shape index (κ1) is 11.5. The normalized spacial score (nSPS) is 18.2. The monoisotopic (exact) mass is 244 g/mol. The molecule has 0 aliphatic carbocycles. The van der Waals surface area contributed by atoms with Crippen molar-refractivity contribution in [1.82, 2.24) is 0 Å². The van der Waals surface area contributed by atoms with Crippen LogP contribution in [0, 0.1) is 0 Å². The van der Waals surface area contributed by atoms with Crippen LogP contribution in [0.2, 0.25) is 5.02 Å². The van der Waals surface area contributed by atoms with Gasteiger partial charge in [0.15, 0.2) is 6.79 Å². The van der Waals surface area contributed by atoms with Crippen molar-refractivity contribution >= 4 is 11.6 Å². The number of hydrogen-bond acceptors (Lipinski definition) is 4. The van der Waals surface area contributed by atoms with E-state index in [-0.39, 0.29) is 12.9 Å². The largest absolute Gasteiger partial charge is 0.489 e. The smallest absolute Gasteiger partial charge is 0.188 e. The Morgan fingerprint density at radius 3 is 2.88 bits per heavy atom. The number of methoxy groups -OCH3 is 1. The molecule has 0 saturated carbocycles. The first-order valence-electron chi connectivity index (χ1n) is 4.95. The summed E-state index contributed by atoms with van der Waals surface area (Å²) in [5, 5.41) is 0.522. The lowest BCUT2D eigenvalue weighted by molar-refractivity contribution is 0.0511. The van der Waals surface area contributed by atoms with Gasteiger partial charge in [0.05, 0.1) is 11.6 Å². The van der Waals surface area contributed by atoms with Crippen LogP contribution in [0.5, 0.6) is 11.5 Å². The van der Waals surface area contributed by atoms with Gasteiger partial charge in [0.2, 0.25) is 0 Å². The quantitative estimate of drug-likeness (QED) is 0.568. The molecule has 1 saturated heterocycles. The maximum Gasteiger partial charge on any atom is 0.188 e. The van der Waals surface area contributed by atoms with Crippen LogP contribution in [0.4, 0.5) is 0 Å². The Kier molecular flexibility index (Phi) is 3.88. The van der Waals surface area contributed by atoms with E-state index in [1.165, 1.54) is 0 Å². The Morgan fingerprint density at radius 2 is 2.25 bits per heavy atom. The van der Waals surface area contributed by atoms with Gasteiger partial charge in [-0.2, -0.15) is 0 Å². The molecule has 0 amide bonds. The minimum Gasteiger partial charge on any atom is -0.489 e. The highest BCUT2D eigenvalue weighted by Crippen LogP contribution is 2.29. The first-order chi connectivity index (χ1) is 7.79. The lowest BCUT2D eigenvalue weighted by Gasteiger charge is -2.09. The Bertz CT molecular complexity index is 352. The number of epoxide rings is 1. The van der Waals surface area contributed by atoms with Gasteiger partial charge in [-0.3, -0.25) is 0 Å². The van der Waals surface area contributed by atoms with Crippen molar-refractivity contribution in [3.8, 4) is 11.5 Å². The minimum absolute atomic E-state index is 0.201. The Hall–Kier alpha value is -0.970. The van der Waals surface area contributed by atoms with Gasteiger partial charge in [-0.25, -0.2) is 0 Å². The van der Waals surface area contributed by atoms with Gasteiger partial charge in [-0.1, -0.05) is 11.6 Å². The van der Waals surface area contributed by atoms with Crippen LogP contribution in [0.1, 0.15) is 0 Å². The summed E-state index contributed by atoms with van der Waals surface area (Å²) in [5.41, 5.74) is 0. The Morgan fingerprint density at radius 1 is 1.44 bits per heavy atom. The van der Waals surface area contributed by atoms with E-state index in [0.29, 0.717) is 23.1 Å². The topological polar surface area (TPSA) is 40.2 Å². The van der Waals surface area contributed by atoms with E-state index in [1.54, 1.807) is 25.3 Å². The highest BCUT2D eigenvalue weighted by Gasteiger charge is 2.23. The van der Waals surface area contributed by atoms with Crippen LogP contribution < -0.4 is 9.47 Å². The lowest BCUT2D eigenvalue weighted by atomic mass is 10.3. The maximum atomic E-state index is 6.03. The van der Waals surface area contributed by atoms with Gasteiger partial charge < -0.3 is 18.9 Å². The zero-order valence-corrected chi connectivity index (χ0v) is 9.70. The summed E-state index contributed by atoms with van der Waals surface area (Å²) >= 11 is 6.03. The van der Waals surface area contributed by atoms with Gasteiger partial charge in [0, 0.05) is 13.2 Å². The van der Waals surface area contributed by atoms with Crippen LogP contribution in [0.15, 0.2) is 18.2 Å². The van der Waals surface area contributed by atoms with Crippen molar-refractivity contribution in [2.24, 2.45) is 0 Å². The van der Waals surface area contributed by atoms with Gasteiger partial charge >= 0.3 is 0 Å². The molecule has 0 spiro atoms. The molecule has 0 bridgehead atoms. The molecule has 0 unspecified atom stereocenters. The molecule has 1 atom stereocenters. The summed E-state index contributed by atoms with van der Waals surface area (Å²) in [6.07, 6.45) is 0.223. The summed E-state index contributed by atoms with van der Waals surface area (Å²) in [6.45, 7) is 1.51. The van der Waals surface area contributed by atoms with Gasteiger partial charge in [0.25, 0.3) is 0 Å². The minimum atomic E-state index is 0.201. The zero-order chi connectivity index (χ0) is 11.4. The standard InChI is InChI=1S/C11H13ClO4/c1-13-7-16-8-2-3-11(10(12)4-8)15-6-9-5-14-9/h2-4,9H,5-7H2,1H3/t9-/m0/s1. The number of halogens is 1. The van der Waals surface area contributed by atoms with E-state index in [9.17, 15) is 0 Å². The second-order valence-corrected chi connectivity index (χ2v) is 3.82. The van der Waals surface area contributed by atoms with E-state index in [2.05, 4.69) is 0 Å². The third kappa shape index (κ3) is 3.27. The van der Waals surface area contributed by atoms with Crippen LogP contribution in [-0.2, 0) is 9.47 Å². The number of rotatable bonds is 6. The predicted octanol–water partition coefficient (Wildman–Crippen LogP) is 2.10. The molecule has 1 aromatic carbocycles. The molecule has 1 heterocycles. The van der Waals surface area contributed by atoms with Gasteiger partial charge in [-0.05, 0) is 12.1 Å². The molecular formula is C11H13ClO4. The lowest BCUT2D eigenvalue weighted by Crippen LogP contribution is -2.04. The highest BCUT2D eigenvalue weighted by atomic mass is 35.5. The molecule has 1 aromatic rings. The first-order valence-corrected chi connectivity index (χ1v) is 5.33. The molecule has 16 heavy (non-hydrogen) atoms. The summed E-state index contributed by atoms with van der Waals surface area (Å²) in [6, 6.07) is 5.26.